The SMILES string of the molecule is NC(=O)c1cccc(C(=O)N[C@@H]2CCNC2)c1. The summed E-state index contributed by atoms with van der Waals surface area (Å²) < 4.78 is 0. The van der Waals surface area contributed by atoms with Crippen molar-refractivity contribution in [2.45, 2.75) is 12.5 Å². The van der Waals surface area contributed by atoms with Gasteiger partial charge in [-0.25, -0.2) is 0 Å². The Morgan fingerprint density at radius 2 is 2.12 bits per heavy atom. The topological polar surface area (TPSA) is 84.2 Å². The molecular weight excluding hydrogens is 218 g/mol. The first-order chi connectivity index (χ1) is 8.16. The van der Waals surface area contributed by atoms with Gasteiger partial charge in [-0.05, 0) is 31.2 Å². The van der Waals surface area contributed by atoms with Crippen molar-refractivity contribution in [3.05, 3.63) is 35.4 Å². The van der Waals surface area contributed by atoms with Crippen molar-refractivity contribution in [2.24, 2.45) is 5.73 Å². The van der Waals surface area contributed by atoms with Gasteiger partial charge in [0.15, 0.2) is 0 Å². The molecule has 90 valence electrons. The lowest BCUT2D eigenvalue weighted by Crippen LogP contribution is -2.36. The van der Waals surface area contributed by atoms with Gasteiger partial charge in [-0.1, -0.05) is 6.07 Å². The highest BCUT2D eigenvalue weighted by Gasteiger charge is 2.17. The van der Waals surface area contributed by atoms with Gasteiger partial charge in [0.2, 0.25) is 5.91 Å². The second-order valence-electron chi connectivity index (χ2n) is 4.11. The molecule has 1 atom stereocenters. The number of amides is 2. The first kappa shape index (κ1) is 11.6. The average Bonchev–Trinajstić information content (AvgIpc) is 2.82. The van der Waals surface area contributed by atoms with Gasteiger partial charge in [-0.2, -0.15) is 0 Å². The number of primary amides is 1. The molecule has 1 aliphatic rings. The van der Waals surface area contributed by atoms with Crippen LogP contribution < -0.4 is 16.4 Å². The van der Waals surface area contributed by atoms with Gasteiger partial charge in [0.05, 0.1) is 0 Å². The van der Waals surface area contributed by atoms with Crippen LogP contribution >= 0.6 is 0 Å². The van der Waals surface area contributed by atoms with Crippen molar-refractivity contribution in [2.75, 3.05) is 13.1 Å². The number of nitrogens with one attached hydrogen (secondary N) is 2. The first-order valence-electron chi connectivity index (χ1n) is 5.58. The lowest BCUT2D eigenvalue weighted by Gasteiger charge is -2.11. The Morgan fingerprint density at radius 1 is 1.35 bits per heavy atom. The Bertz CT molecular complexity index is 439. The van der Waals surface area contributed by atoms with Gasteiger partial charge in [-0.15, -0.1) is 0 Å². The monoisotopic (exact) mass is 233 g/mol. The molecule has 5 nitrogen and oxygen atoms in total. The Kier molecular flexibility index (Phi) is 3.39. The highest BCUT2D eigenvalue weighted by Crippen LogP contribution is 2.06. The zero-order valence-electron chi connectivity index (χ0n) is 9.40. The highest BCUT2D eigenvalue weighted by atomic mass is 16.2. The predicted octanol–water partition coefficient (Wildman–Crippen LogP) is -0.123. The fourth-order valence-corrected chi connectivity index (χ4v) is 1.86. The summed E-state index contributed by atoms with van der Waals surface area (Å²) in [6.07, 6.45) is 0.932. The van der Waals surface area contributed by atoms with Gasteiger partial charge in [0.1, 0.15) is 0 Å². The molecule has 1 fully saturated rings. The number of rotatable bonds is 3. The molecule has 1 aliphatic heterocycles. The molecule has 4 N–H and O–H groups in total. The van der Waals surface area contributed by atoms with Crippen LogP contribution in [0.15, 0.2) is 24.3 Å². The largest absolute Gasteiger partial charge is 0.366 e. The molecule has 0 aliphatic carbocycles. The van der Waals surface area contributed by atoms with E-state index in [1.165, 1.54) is 6.07 Å². The van der Waals surface area contributed by atoms with Crippen LogP contribution in [0.3, 0.4) is 0 Å². The van der Waals surface area contributed by atoms with Crippen LogP contribution in [-0.2, 0) is 0 Å². The Morgan fingerprint density at radius 3 is 2.76 bits per heavy atom. The van der Waals surface area contributed by atoms with Gasteiger partial charge >= 0.3 is 0 Å². The number of carbonyl (C=O) groups excluding carboxylic acids is 2. The molecule has 0 unspecified atom stereocenters. The summed E-state index contributed by atoms with van der Waals surface area (Å²) in [6, 6.07) is 6.60. The zero-order valence-corrected chi connectivity index (χ0v) is 9.40. The van der Waals surface area contributed by atoms with E-state index in [9.17, 15) is 9.59 Å². The highest BCUT2D eigenvalue weighted by molar-refractivity contribution is 5.99. The molecule has 1 aromatic rings. The number of hydrogen-bond donors (Lipinski definition) is 3. The standard InChI is InChI=1S/C12H15N3O2/c13-11(16)8-2-1-3-9(6-8)12(17)15-10-4-5-14-7-10/h1-3,6,10,14H,4-5,7H2,(H2,13,16)(H,15,17)/t10-/m1/s1. The number of benzene rings is 1. The normalized spacial score (nSPS) is 18.9. The van der Waals surface area contributed by atoms with E-state index in [0.29, 0.717) is 11.1 Å². The Balaban J connectivity index is 2.07. The molecule has 1 heterocycles. The number of nitrogens with two attached hydrogens (primary N) is 1. The van der Waals surface area contributed by atoms with Crippen molar-refractivity contribution in [1.82, 2.24) is 10.6 Å². The maximum atomic E-state index is 11.9. The average molecular weight is 233 g/mol. The van der Waals surface area contributed by atoms with Crippen LogP contribution in [0.4, 0.5) is 0 Å². The zero-order chi connectivity index (χ0) is 12.3. The number of carbonyl (C=O) groups is 2. The molecule has 0 radical (unpaired) electrons. The van der Waals surface area contributed by atoms with Crippen LogP contribution in [0.5, 0.6) is 0 Å². The van der Waals surface area contributed by atoms with Crippen molar-refractivity contribution >= 4 is 11.8 Å². The van der Waals surface area contributed by atoms with E-state index in [2.05, 4.69) is 10.6 Å². The predicted molar refractivity (Wildman–Crippen MR) is 63.7 cm³/mol. The van der Waals surface area contributed by atoms with E-state index >= 15 is 0 Å². The number of hydrogen-bond acceptors (Lipinski definition) is 3. The summed E-state index contributed by atoms with van der Waals surface area (Å²) in [5.41, 5.74) is 5.98. The van der Waals surface area contributed by atoms with Gasteiger partial charge in [-0.3, -0.25) is 9.59 Å². The minimum absolute atomic E-state index is 0.165. The summed E-state index contributed by atoms with van der Waals surface area (Å²) in [4.78, 5) is 22.9. The van der Waals surface area contributed by atoms with Crippen molar-refractivity contribution in [1.29, 1.82) is 0 Å². The van der Waals surface area contributed by atoms with E-state index in [1.807, 2.05) is 0 Å². The Labute approximate surface area is 99.4 Å². The maximum Gasteiger partial charge on any atom is 0.251 e. The van der Waals surface area contributed by atoms with E-state index in [1.54, 1.807) is 18.2 Å². The lowest BCUT2D eigenvalue weighted by molar-refractivity contribution is 0.0940. The van der Waals surface area contributed by atoms with E-state index in [4.69, 9.17) is 5.73 Å². The molecule has 1 aromatic carbocycles. The molecule has 2 amide bonds. The third kappa shape index (κ3) is 2.82. The van der Waals surface area contributed by atoms with Crippen LogP contribution in [0.1, 0.15) is 27.1 Å². The van der Waals surface area contributed by atoms with Gasteiger partial charge in [0.25, 0.3) is 5.91 Å². The molecule has 17 heavy (non-hydrogen) atoms. The summed E-state index contributed by atoms with van der Waals surface area (Å²) in [7, 11) is 0. The Hall–Kier alpha value is -1.88. The summed E-state index contributed by atoms with van der Waals surface area (Å²) in [5, 5.41) is 6.08. The minimum Gasteiger partial charge on any atom is -0.366 e. The van der Waals surface area contributed by atoms with Crippen LogP contribution in [0, 0.1) is 0 Å². The maximum absolute atomic E-state index is 11.9. The molecule has 0 aromatic heterocycles. The van der Waals surface area contributed by atoms with Crippen molar-refractivity contribution < 1.29 is 9.59 Å². The smallest absolute Gasteiger partial charge is 0.251 e. The third-order valence-corrected chi connectivity index (χ3v) is 2.80. The van der Waals surface area contributed by atoms with E-state index in [-0.39, 0.29) is 11.9 Å². The first-order valence-corrected chi connectivity index (χ1v) is 5.58. The van der Waals surface area contributed by atoms with E-state index < -0.39 is 5.91 Å². The summed E-state index contributed by atoms with van der Waals surface area (Å²) in [6.45, 7) is 1.72. The lowest BCUT2D eigenvalue weighted by atomic mass is 10.1. The van der Waals surface area contributed by atoms with Crippen LogP contribution in [-0.4, -0.2) is 30.9 Å². The van der Waals surface area contributed by atoms with Gasteiger partial charge < -0.3 is 16.4 Å². The van der Waals surface area contributed by atoms with Crippen LogP contribution in [0.25, 0.3) is 0 Å². The summed E-state index contributed by atoms with van der Waals surface area (Å²) in [5.74, 6) is -0.691. The van der Waals surface area contributed by atoms with E-state index in [0.717, 1.165) is 19.5 Å². The quantitative estimate of drug-likeness (QED) is 0.680. The van der Waals surface area contributed by atoms with Gasteiger partial charge in [0, 0.05) is 23.7 Å². The second-order valence-corrected chi connectivity index (χ2v) is 4.11. The van der Waals surface area contributed by atoms with Crippen LogP contribution in [0.2, 0.25) is 0 Å². The van der Waals surface area contributed by atoms with Crippen molar-refractivity contribution in [3.63, 3.8) is 0 Å². The minimum atomic E-state index is -0.526. The molecule has 5 heteroatoms. The molecule has 2 rings (SSSR count). The fraction of sp³-hybridized carbons (Fsp3) is 0.333. The molecule has 0 bridgehead atoms. The molecule has 0 saturated carbocycles. The summed E-state index contributed by atoms with van der Waals surface area (Å²) >= 11 is 0. The molecule has 0 spiro atoms. The second kappa shape index (κ2) is 4.97. The van der Waals surface area contributed by atoms with Crippen molar-refractivity contribution in [3.8, 4) is 0 Å². The molecular formula is C12H15N3O2. The fourth-order valence-electron chi connectivity index (χ4n) is 1.86. The third-order valence-electron chi connectivity index (χ3n) is 2.80. The molecule has 1 saturated heterocycles.